The molecule has 162 valence electrons. The van der Waals surface area contributed by atoms with E-state index in [0.29, 0.717) is 0 Å². The Morgan fingerprint density at radius 2 is 1.73 bits per heavy atom. The molecule has 1 saturated heterocycles. The summed E-state index contributed by atoms with van der Waals surface area (Å²) < 4.78 is 11.5. The molecule has 2 aromatic rings. The third-order valence-electron chi connectivity index (χ3n) is 5.18. The highest BCUT2D eigenvalue weighted by molar-refractivity contribution is 5.68. The molecule has 3 rings (SSSR count). The number of nitrogens with zero attached hydrogens (tertiary/aromatic N) is 2. The molecule has 0 spiro atoms. The van der Waals surface area contributed by atoms with E-state index in [0.717, 1.165) is 62.6 Å². The minimum absolute atomic E-state index is 0.201. The van der Waals surface area contributed by atoms with Crippen molar-refractivity contribution in [2.45, 2.75) is 46.1 Å². The van der Waals surface area contributed by atoms with Crippen LogP contribution in [0.2, 0.25) is 0 Å². The van der Waals surface area contributed by atoms with Crippen LogP contribution < -0.4 is 4.74 Å². The Hall–Kier alpha value is -2.53. The first-order valence-electron chi connectivity index (χ1n) is 10.8. The molecule has 1 fully saturated rings. The fourth-order valence-corrected chi connectivity index (χ4v) is 3.55. The normalized spacial score (nSPS) is 15.1. The quantitative estimate of drug-likeness (QED) is 0.650. The lowest BCUT2D eigenvalue weighted by Gasteiger charge is -2.35. The van der Waals surface area contributed by atoms with Crippen LogP contribution in [0.25, 0.3) is 0 Å². The van der Waals surface area contributed by atoms with Crippen molar-refractivity contribution in [2.24, 2.45) is 0 Å². The van der Waals surface area contributed by atoms with E-state index in [1.54, 1.807) is 0 Å². The van der Waals surface area contributed by atoms with Gasteiger partial charge in [0.15, 0.2) is 0 Å². The molecule has 30 heavy (non-hydrogen) atoms. The maximum atomic E-state index is 12.2. The molecule has 0 unspecified atom stereocenters. The fraction of sp³-hybridized carbons (Fsp3) is 0.480. The van der Waals surface area contributed by atoms with Gasteiger partial charge in [-0.05, 0) is 76.4 Å². The van der Waals surface area contributed by atoms with Crippen LogP contribution in [-0.2, 0) is 11.2 Å². The first-order chi connectivity index (χ1) is 14.3. The van der Waals surface area contributed by atoms with Gasteiger partial charge in [-0.3, -0.25) is 4.90 Å². The topological polar surface area (TPSA) is 42.0 Å². The number of rotatable bonds is 6. The van der Waals surface area contributed by atoms with E-state index in [1.165, 1.54) is 5.56 Å². The summed E-state index contributed by atoms with van der Waals surface area (Å²) in [5.41, 5.74) is 1.98. The van der Waals surface area contributed by atoms with E-state index in [9.17, 15) is 4.79 Å². The first kappa shape index (κ1) is 22.2. The van der Waals surface area contributed by atoms with E-state index < -0.39 is 5.60 Å². The molecule has 5 heteroatoms. The highest BCUT2D eigenvalue weighted by Crippen LogP contribution is 2.25. The second-order valence-electron chi connectivity index (χ2n) is 8.93. The number of carbonyl (C=O) groups is 1. The Kier molecular flexibility index (Phi) is 7.38. The molecule has 2 aromatic carbocycles. The van der Waals surface area contributed by atoms with Gasteiger partial charge in [-0.15, -0.1) is 0 Å². The lowest BCUT2D eigenvalue weighted by Crippen LogP contribution is -2.50. The molecule has 1 heterocycles. The summed E-state index contributed by atoms with van der Waals surface area (Å²) in [4.78, 5) is 16.4. The summed E-state index contributed by atoms with van der Waals surface area (Å²) >= 11 is 0. The Bertz CT molecular complexity index is 836. The number of para-hydroxylation sites is 1. The molecular formula is C25H34N2O3. The Labute approximate surface area is 180 Å². The monoisotopic (exact) mass is 410 g/mol. The van der Waals surface area contributed by atoms with Crippen LogP contribution >= 0.6 is 0 Å². The van der Waals surface area contributed by atoms with E-state index in [-0.39, 0.29) is 6.09 Å². The van der Waals surface area contributed by atoms with Crippen LogP contribution in [0.5, 0.6) is 11.5 Å². The van der Waals surface area contributed by atoms with Gasteiger partial charge < -0.3 is 14.4 Å². The summed E-state index contributed by atoms with van der Waals surface area (Å²) in [7, 11) is 0. The Morgan fingerprint density at radius 1 is 1.00 bits per heavy atom. The van der Waals surface area contributed by atoms with Crippen LogP contribution in [0.4, 0.5) is 4.79 Å². The Morgan fingerprint density at radius 3 is 2.43 bits per heavy atom. The van der Waals surface area contributed by atoms with Crippen LogP contribution in [0.15, 0.2) is 48.5 Å². The maximum absolute atomic E-state index is 12.2. The number of ether oxygens (including phenoxy) is 2. The Balaban J connectivity index is 1.42. The number of amides is 1. The van der Waals surface area contributed by atoms with Gasteiger partial charge in [-0.1, -0.05) is 30.3 Å². The zero-order chi connectivity index (χ0) is 21.6. The van der Waals surface area contributed by atoms with Gasteiger partial charge in [0, 0.05) is 26.2 Å². The van der Waals surface area contributed by atoms with Crippen molar-refractivity contribution < 1.29 is 14.3 Å². The van der Waals surface area contributed by atoms with E-state index in [4.69, 9.17) is 9.47 Å². The van der Waals surface area contributed by atoms with Crippen LogP contribution in [0.1, 0.15) is 38.3 Å². The molecule has 0 bridgehead atoms. The van der Waals surface area contributed by atoms with Crippen LogP contribution in [-0.4, -0.2) is 54.2 Å². The third-order valence-corrected chi connectivity index (χ3v) is 5.18. The van der Waals surface area contributed by atoms with Gasteiger partial charge in [0.2, 0.25) is 0 Å². The molecule has 0 N–H and O–H groups in total. The zero-order valence-corrected chi connectivity index (χ0v) is 18.7. The average molecular weight is 411 g/mol. The zero-order valence-electron chi connectivity index (χ0n) is 18.7. The summed E-state index contributed by atoms with van der Waals surface area (Å²) in [6.45, 7) is 12.1. The second-order valence-corrected chi connectivity index (χ2v) is 8.93. The standard InChI is InChI=1S/C25H34N2O3/c1-20-9-5-6-13-23(20)29-22-12-7-10-21(19-22)11-8-14-26-15-17-27(18-16-26)24(28)30-25(2,3)4/h5-7,9-10,12-13,19H,8,11,14-18H2,1-4H3. The van der Waals surface area contributed by atoms with Gasteiger partial charge >= 0.3 is 6.09 Å². The van der Waals surface area contributed by atoms with E-state index in [2.05, 4.69) is 36.1 Å². The van der Waals surface area contributed by atoms with Gasteiger partial charge in [-0.25, -0.2) is 4.79 Å². The lowest BCUT2D eigenvalue weighted by atomic mass is 10.1. The second kappa shape index (κ2) is 9.98. The largest absolute Gasteiger partial charge is 0.457 e. The maximum Gasteiger partial charge on any atom is 0.410 e. The molecule has 5 nitrogen and oxygen atoms in total. The van der Waals surface area contributed by atoms with Gasteiger partial charge in [0.05, 0.1) is 0 Å². The minimum Gasteiger partial charge on any atom is -0.457 e. The van der Waals surface area contributed by atoms with Crippen molar-refractivity contribution in [2.75, 3.05) is 32.7 Å². The molecule has 0 atom stereocenters. The number of hydrogen-bond acceptors (Lipinski definition) is 4. The van der Waals surface area contributed by atoms with Crippen molar-refractivity contribution in [3.8, 4) is 11.5 Å². The fourth-order valence-electron chi connectivity index (χ4n) is 3.55. The molecule has 0 saturated carbocycles. The summed E-state index contributed by atoms with van der Waals surface area (Å²) in [6.07, 6.45) is 1.89. The average Bonchev–Trinajstić information content (AvgIpc) is 2.69. The summed E-state index contributed by atoms with van der Waals surface area (Å²) in [6, 6.07) is 16.4. The number of hydrogen-bond donors (Lipinski definition) is 0. The predicted molar refractivity (Wildman–Crippen MR) is 120 cm³/mol. The number of piperazine rings is 1. The van der Waals surface area contributed by atoms with Gasteiger partial charge in [0.1, 0.15) is 17.1 Å². The number of benzene rings is 2. The number of carbonyl (C=O) groups excluding carboxylic acids is 1. The summed E-state index contributed by atoms with van der Waals surface area (Å²) in [5, 5.41) is 0. The van der Waals surface area contributed by atoms with E-state index in [1.807, 2.05) is 49.9 Å². The minimum atomic E-state index is -0.439. The van der Waals surface area contributed by atoms with Crippen molar-refractivity contribution in [3.63, 3.8) is 0 Å². The van der Waals surface area contributed by atoms with Crippen LogP contribution in [0.3, 0.4) is 0 Å². The number of aryl methyl sites for hydroxylation is 2. The third kappa shape index (κ3) is 6.77. The van der Waals surface area contributed by atoms with Crippen molar-refractivity contribution in [1.29, 1.82) is 0 Å². The summed E-state index contributed by atoms with van der Waals surface area (Å²) in [5.74, 6) is 1.78. The molecule has 0 radical (unpaired) electrons. The highest BCUT2D eigenvalue weighted by Gasteiger charge is 2.25. The SMILES string of the molecule is Cc1ccccc1Oc1cccc(CCCN2CCN(C(=O)OC(C)(C)C)CC2)c1. The van der Waals surface area contributed by atoms with E-state index >= 15 is 0 Å². The highest BCUT2D eigenvalue weighted by atomic mass is 16.6. The smallest absolute Gasteiger partial charge is 0.410 e. The molecule has 0 aromatic heterocycles. The first-order valence-corrected chi connectivity index (χ1v) is 10.8. The molecular weight excluding hydrogens is 376 g/mol. The predicted octanol–water partition coefficient (Wildman–Crippen LogP) is 5.27. The van der Waals surface area contributed by atoms with Gasteiger partial charge in [-0.2, -0.15) is 0 Å². The molecule has 0 aliphatic carbocycles. The van der Waals surface area contributed by atoms with Crippen molar-refractivity contribution in [1.82, 2.24) is 9.80 Å². The lowest BCUT2D eigenvalue weighted by molar-refractivity contribution is 0.0144. The molecule has 1 amide bonds. The van der Waals surface area contributed by atoms with Crippen LogP contribution in [0, 0.1) is 6.92 Å². The van der Waals surface area contributed by atoms with Crippen molar-refractivity contribution in [3.05, 3.63) is 59.7 Å². The molecule has 1 aliphatic rings. The van der Waals surface area contributed by atoms with Gasteiger partial charge in [0.25, 0.3) is 0 Å². The molecule has 1 aliphatic heterocycles. The van der Waals surface area contributed by atoms with Crippen molar-refractivity contribution >= 4 is 6.09 Å².